The molecule has 0 aromatic heterocycles. The zero-order chi connectivity index (χ0) is 51.4. The van der Waals surface area contributed by atoms with Crippen LogP contribution in [0.3, 0.4) is 0 Å². The van der Waals surface area contributed by atoms with E-state index in [2.05, 4.69) is 142 Å². The van der Waals surface area contributed by atoms with Crippen LogP contribution in [0.4, 0.5) is 0 Å². The van der Waals surface area contributed by atoms with Crippen LogP contribution in [0, 0.1) is 0 Å². The Balaban J connectivity index is 4.51. The van der Waals surface area contributed by atoms with Crippen molar-refractivity contribution in [3.8, 4) is 0 Å². The van der Waals surface area contributed by atoms with Crippen LogP contribution in [0.5, 0.6) is 0 Å². The molecule has 0 aromatic rings. The number of rotatable bonds is 51. The number of unbranched alkanes of at least 4 members (excludes halogenated alkanes) is 20. The molecular weight excluding hydrogens is 877 g/mol. The summed E-state index contributed by atoms with van der Waals surface area (Å²) in [6.45, 7) is 6.36. The highest BCUT2D eigenvalue weighted by atomic mass is 16.6. The minimum atomic E-state index is -0.809. The molecule has 0 saturated heterocycles. The topological polar surface area (TPSA) is 78.9 Å². The van der Waals surface area contributed by atoms with Crippen LogP contribution in [0.25, 0.3) is 0 Å². The van der Waals surface area contributed by atoms with E-state index < -0.39 is 6.10 Å². The van der Waals surface area contributed by atoms with Crippen LogP contribution in [0.2, 0.25) is 0 Å². The summed E-state index contributed by atoms with van der Waals surface area (Å²) >= 11 is 0. The van der Waals surface area contributed by atoms with Gasteiger partial charge >= 0.3 is 17.9 Å². The monoisotopic (exact) mass is 983 g/mol. The molecule has 0 heterocycles. The van der Waals surface area contributed by atoms with E-state index in [1.165, 1.54) is 77.0 Å². The van der Waals surface area contributed by atoms with Crippen molar-refractivity contribution in [3.05, 3.63) is 122 Å². The largest absolute Gasteiger partial charge is 0.462 e. The number of ether oxygens (including phenoxy) is 3. The molecule has 402 valence electrons. The predicted octanol–water partition coefficient (Wildman–Crippen LogP) is 19.6. The molecule has 0 unspecified atom stereocenters. The van der Waals surface area contributed by atoms with Gasteiger partial charge in [-0.1, -0.05) is 226 Å². The van der Waals surface area contributed by atoms with Gasteiger partial charge in [0.15, 0.2) is 6.10 Å². The molecule has 71 heavy (non-hydrogen) atoms. The maximum absolute atomic E-state index is 12.9. The molecule has 0 aromatic carbocycles. The molecule has 0 radical (unpaired) electrons. The summed E-state index contributed by atoms with van der Waals surface area (Å²) in [7, 11) is 0. The highest BCUT2D eigenvalue weighted by molar-refractivity contribution is 5.71. The van der Waals surface area contributed by atoms with Gasteiger partial charge in [0, 0.05) is 19.3 Å². The second-order valence-corrected chi connectivity index (χ2v) is 18.8. The average Bonchev–Trinajstić information content (AvgIpc) is 3.37. The van der Waals surface area contributed by atoms with Gasteiger partial charge in [0.25, 0.3) is 0 Å². The zero-order valence-electron chi connectivity index (χ0n) is 45.9. The first-order valence-electron chi connectivity index (χ1n) is 29.0. The lowest BCUT2D eigenvalue weighted by molar-refractivity contribution is -0.167. The summed E-state index contributed by atoms with van der Waals surface area (Å²) in [5.74, 6) is -0.965. The third-order valence-corrected chi connectivity index (χ3v) is 11.9. The van der Waals surface area contributed by atoms with Crippen molar-refractivity contribution < 1.29 is 28.6 Å². The van der Waals surface area contributed by atoms with E-state index in [-0.39, 0.29) is 31.1 Å². The summed E-state index contributed by atoms with van der Waals surface area (Å²) in [5, 5.41) is 0. The van der Waals surface area contributed by atoms with Gasteiger partial charge in [-0.05, 0) is 128 Å². The van der Waals surface area contributed by atoms with Crippen LogP contribution in [-0.4, -0.2) is 37.2 Å². The van der Waals surface area contributed by atoms with E-state index in [0.29, 0.717) is 19.3 Å². The Morgan fingerprint density at radius 1 is 0.296 bits per heavy atom. The summed E-state index contributed by atoms with van der Waals surface area (Å²) < 4.78 is 16.8. The number of hydrogen-bond acceptors (Lipinski definition) is 6. The molecule has 6 heteroatoms. The fourth-order valence-electron chi connectivity index (χ4n) is 7.63. The minimum Gasteiger partial charge on any atom is -0.462 e. The molecule has 6 nitrogen and oxygen atoms in total. The number of hydrogen-bond donors (Lipinski definition) is 0. The smallest absolute Gasteiger partial charge is 0.306 e. The van der Waals surface area contributed by atoms with E-state index >= 15 is 0 Å². The van der Waals surface area contributed by atoms with Crippen molar-refractivity contribution in [1.29, 1.82) is 0 Å². The van der Waals surface area contributed by atoms with Crippen molar-refractivity contribution in [2.24, 2.45) is 0 Å². The molecule has 0 rings (SSSR count). The lowest BCUT2D eigenvalue weighted by atomic mass is 10.1. The number of carbonyl (C=O) groups excluding carboxylic acids is 3. The quantitative estimate of drug-likeness (QED) is 0.0261. The maximum Gasteiger partial charge on any atom is 0.306 e. The molecule has 0 aliphatic rings. The summed E-state index contributed by atoms with van der Waals surface area (Å²) in [6, 6.07) is 0. The zero-order valence-corrected chi connectivity index (χ0v) is 45.9. The molecule has 0 aliphatic carbocycles. The Bertz CT molecular complexity index is 1500. The predicted molar refractivity (Wildman–Crippen MR) is 306 cm³/mol. The van der Waals surface area contributed by atoms with Gasteiger partial charge in [0.05, 0.1) is 0 Å². The van der Waals surface area contributed by atoms with E-state index in [1.807, 2.05) is 0 Å². The highest BCUT2D eigenvalue weighted by Gasteiger charge is 2.19. The average molecular weight is 984 g/mol. The Morgan fingerprint density at radius 2 is 0.549 bits per heavy atom. The SMILES string of the molecule is CC/C=C\C/C=C\C/C=C\C/C=C\C/C=C\CCCCCC(=O)OC[C@H](COC(=O)CCCCCC/C=C\C/C=C\C/C=C\C/C=C\CC)OC(=O)CCCCCCCCC/C=C\CCCCCCCC. The normalized spacial score (nSPS) is 13.0. The number of carbonyl (C=O) groups is 3. The molecule has 0 fully saturated rings. The summed E-state index contributed by atoms with van der Waals surface area (Å²) in [4.78, 5) is 38.2. The van der Waals surface area contributed by atoms with Crippen molar-refractivity contribution >= 4 is 17.9 Å². The van der Waals surface area contributed by atoms with E-state index in [4.69, 9.17) is 14.2 Å². The van der Waals surface area contributed by atoms with Crippen molar-refractivity contribution in [1.82, 2.24) is 0 Å². The van der Waals surface area contributed by atoms with Gasteiger partial charge in [-0.15, -0.1) is 0 Å². The highest BCUT2D eigenvalue weighted by Crippen LogP contribution is 2.14. The first-order chi connectivity index (χ1) is 35.0. The van der Waals surface area contributed by atoms with Gasteiger partial charge in [-0.2, -0.15) is 0 Å². The molecule has 1 atom stereocenters. The molecule has 0 aliphatic heterocycles. The lowest BCUT2D eigenvalue weighted by Crippen LogP contribution is -2.30. The van der Waals surface area contributed by atoms with Crippen molar-refractivity contribution in [3.63, 3.8) is 0 Å². The van der Waals surface area contributed by atoms with Gasteiger partial charge in [-0.3, -0.25) is 14.4 Å². The third-order valence-electron chi connectivity index (χ3n) is 11.9. The van der Waals surface area contributed by atoms with Gasteiger partial charge < -0.3 is 14.2 Å². The summed E-state index contributed by atoms with van der Waals surface area (Å²) in [6.07, 6.45) is 80.4. The number of esters is 3. The van der Waals surface area contributed by atoms with Gasteiger partial charge in [0.1, 0.15) is 13.2 Å². The van der Waals surface area contributed by atoms with Crippen LogP contribution >= 0.6 is 0 Å². The first-order valence-corrected chi connectivity index (χ1v) is 29.0. The van der Waals surface area contributed by atoms with Crippen LogP contribution in [0.15, 0.2) is 122 Å². The van der Waals surface area contributed by atoms with Crippen molar-refractivity contribution in [2.75, 3.05) is 13.2 Å². The molecule has 0 bridgehead atoms. The fraction of sp³-hybridized carbons (Fsp3) is 0.646. The second-order valence-electron chi connectivity index (χ2n) is 18.8. The van der Waals surface area contributed by atoms with Crippen molar-refractivity contribution in [2.45, 2.75) is 258 Å². The second kappa shape index (κ2) is 58.4. The van der Waals surface area contributed by atoms with Crippen LogP contribution in [-0.2, 0) is 28.6 Å². The Kier molecular flexibility index (Phi) is 54.9. The van der Waals surface area contributed by atoms with E-state index in [9.17, 15) is 14.4 Å². The molecule has 0 amide bonds. The molecule has 0 saturated carbocycles. The van der Waals surface area contributed by atoms with E-state index in [1.54, 1.807) is 0 Å². The first kappa shape index (κ1) is 66.8. The third kappa shape index (κ3) is 56.6. The Hall–Kier alpha value is -4.19. The molecular formula is C65H106O6. The Labute approximate surface area is 437 Å². The minimum absolute atomic E-state index is 0.106. The molecule has 0 N–H and O–H groups in total. The van der Waals surface area contributed by atoms with Gasteiger partial charge in [0.2, 0.25) is 0 Å². The standard InChI is InChI=1S/C65H106O6/c1-4-7-10-13-16-19-22-25-28-31-32-35-37-40-43-46-49-52-55-58-64(67)70-61-62(71-65(68)59-56-53-50-47-44-41-38-34-30-27-24-21-18-15-12-9-6-3)60-69-63(66)57-54-51-48-45-42-39-36-33-29-26-23-20-17-14-11-8-5-2/h7-8,10-11,16-17,19-20,25-30,32,35-36,39-40,43,62H,4-6,9,12-15,18,21-24,31,33-34,37-38,41-42,44-61H2,1-3H3/b10-7-,11-8-,19-16-,20-17-,28-25-,29-26-,30-27-,35-32-,39-36-,43-40-/t62-/m0/s1. The van der Waals surface area contributed by atoms with E-state index in [0.717, 1.165) is 135 Å². The maximum atomic E-state index is 12.9. The van der Waals surface area contributed by atoms with Crippen LogP contribution in [0.1, 0.15) is 252 Å². The van der Waals surface area contributed by atoms with Crippen LogP contribution < -0.4 is 0 Å². The fourth-order valence-corrected chi connectivity index (χ4v) is 7.63. The number of allylic oxidation sites excluding steroid dienone is 20. The Morgan fingerprint density at radius 3 is 0.887 bits per heavy atom. The summed E-state index contributed by atoms with van der Waals surface area (Å²) in [5.41, 5.74) is 0. The lowest BCUT2D eigenvalue weighted by Gasteiger charge is -2.18. The molecule has 0 spiro atoms. The van der Waals surface area contributed by atoms with Gasteiger partial charge in [-0.25, -0.2) is 0 Å².